The lowest BCUT2D eigenvalue weighted by Crippen LogP contribution is -2.37. The summed E-state index contributed by atoms with van der Waals surface area (Å²) in [5.41, 5.74) is 5.89. The van der Waals surface area contributed by atoms with Gasteiger partial charge < -0.3 is 10.8 Å². The molecule has 1 atom stereocenters. The molecule has 0 saturated heterocycles. The van der Waals surface area contributed by atoms with E-state index in [0.29, 0.717) is 5.56 Å². The van der Waals surface area contributed by atoms with Crippen molar-refractivity contribution >= 4 is 0 Å². The van der Waals surface area contributed by atoms with Gasteiger partial charge in [-0.2, -0.15) is 0 Å². The highest BCUT2D eigenvalue weighted by Crippen LogP contribution is 2.21. The fourth-order valence-electron chi connectivity index (χ4n) is 1.17. The first-order valence-electron chi connectivity index (χ1n) is 4.14. The van der Waals surface area contributed by atoms with Crippen LogP contribution in [0.15, 0.2) is 18.2 Å². The zero-order valence-electron chi connectivity index (χ0n) is 7.84. The van der Waals surface area contributed by atoms with Crippen LogP contribution >= 0.6 is 0 Å². The Hall–Kier alpha value is -0.930. The smallest absolute Gasteiger partial charge is 0.128 e. The van der Waals surface area contributed by atoms with Gasteiger partial charge in [0.1, 0.15) is 5.82 Å². The maximum Gasteiger partial charge on any atom is 0.128 e. The van der Waals surface area contributed by atoms with Gasteiger partial charge in [0.05, 0.1) is 12.1 Å². The molecular weight excluding hydrogens is 169 g/mol. The van der Waals surface area contributed by atoms with Gasteiger partial charge in [-0.1, -0.05) is 12.1 Å². The highest BCUT2D eigenvalue weighted by Gasteiger charge is 2.23. The lowest BCUT2D eigenvalue weighted by Gasteiger charge is -2.22. The van der Waals surface area contributed by atoms with Gasteiger partial charge in [0.2, 0.25) is 0 Å². The molecule has 1 aromatic rings. The summed E-state index contributed by atoms with van der Waals surface area (Å²) in [5, 5.41) is 8.95. The Morgan fingerprint density at radius 1 is 1.54 bits per heavy atom. The van der Waals surface area contributed by atoms with Crippen LogP contribution in [-0.2, 0) is 5.54 Å². The van der Waals surface area contributed by atoms with E-state index in [1.807, 2.05) is 0 Å². The number of aliphatic hydroxyl groups excluding tert-OH is 1. The van der Waals surface area contributed by atoms with Crippen LogP contribution in [0.5, 0.6) is 0 Å². The zero-order valence-corrected chi connectivity index (χ0v) is 7.84. The van der Waals surface area contributed by atoms with Crippen molar-refractivity contribution in [2.75, 3.05) is 6.61 Å². The molecule has 0 aliphatic carbocycles. The van der Waals surface area contributed by atoms with E-state index in [1.54, 1.807) is 26.0 Å². The van der Waals surface area contributed by atoms with Gasteiger partial charge in [0.25, 0.3) is 0 Å². The molecule has 13 heavy (non-hydrogen) atoms. The first kappa shape index (κ1) is 10.2. The number of rotatable bonds is 2. The van der Waals surface area contributed by atoms with E-state index in [-0.39, 0.29) is 12.4 Å². The van der Waals surface area contributed by atoms with E-state index < -0.39 is 5.54 Å². The molecule has 0 spiro atoms. The number of benzene rings is 1. The Morgan fingerprint density at radius 3 is 2.62 bits per heavy atom. The minimum Gasteiger partial charge on any atom is -0.394 e. The minimum atomic E-state index is -1.00. The van der Waals surface area contributed by atoms with E-state index in [9.17, 15) is 4.39 Å². The summed E-state index contributed by atoms with van der Waals surface area (Å²) in [6, 6.07) is 4.80. The van der Waals surface area contributed by atoms with Crippen molar-refractivity contribution < 1.29 is 9.50 Å². The second-order valence-electron chi connectivity index (χ2n) is 3.56. The third kappa shape index (κ3) is 2.05. The van der Waals surface area contributed by atoms with Crippen LogP contribution in [0.25, 0.3) is 0 Å². The predicted octanol–water partition coefficient (Wildman–Crippen LogP) is 1.30. The average molecular weight is 183 g/mol. The molecule has 0 amide bonds. The van der Waals surface area contributed by atoms with Crippen molar-refractivity contribution in [2.24, 2.45) is 5.73 Å². The summed E-state index contributed by atoms with van der Waals surface area (Å²) in [5.74, 6) is -0.362. The largest absolute Gasteiger partial charge is 0.394 e. The molecule has 1 rings (SSSR count). The molecule has 0 fully saturated rings. The van der Waals surface area contributed by atoms with Gasteiger partial charge in [-0.25, -0.2) is 4.39 Å². The number of halogens is 1. The summed E-state index contributed by atoms with van der Waals surface area (Å²) in [7, 11) is 0. The Kier molecular flexibility index (Phi) is 2.68. The van der Waals surface area contributed by atoms with Crippen LogP contribution in [0, 0.1) is 12.7 Å². The second kappa shape index (κ2) is 3.44. The van der Waals surface area contributed by atoms with Gasteiger partial charge >= 0.3 is 0 Å². The second-order valence-corrected chi connectivity index (χ2v) is 3.56. The molecule has 72 valence electrons. The molecule has 3 N–H and O–H groups in total. The predicted molar refractivity (Wildman–Crippen MR) is 49.8 cm³/mol. The molecular formula is C10H14FNO. The fraction of sp³-hybridized carbons (Fsp3) is 0.400. The van der Waals surface area contributed by atoms with Gasteiger partial charge in [-0.15, -0.1) is 0 Å². The maximum absolute atomic E-state index is 13.3. The standard InChI is InChI=1S/C10H14FNO/c1-7-3-4-8(9(11)5-7)10(2,12)6-13/h3-5,13H,6,12H2,1-2H3/t10-/m1/s1. The van der Waals surface area contributed by atoms with Gasteiger partial charge in [-0.3, -0.25) is 0 Å². The third-order valence-corrected chi connectivity index (χ3v) is 2.07. The summed E-state index contributed by atoms with van der Waals surface area (Å²) in [6.45, 7) is 3.13. The van der Waals surface area contributed by atoms with Crippen molar-refractivity contribution in [1.29, 1.82) is 0 Å². The number of aliphatic hydroxyl groups is 1. The van der Waals surface area contributed by atoms with E-state index in [0.717, 1.165) is 5.56 Å². The Bertz CT molecular complexity index is 310. The Morgan fingerprint density at radius 2 is 2.15 bits per heavy atom. The van der Waals surface area contributed by atoms with Crippen LogP contribution in [0.3, 0.4) is 0 Å². The van der Waals surface area contributed by atoms with Crippen LogP contribution in [0.4, 0.5) is 4.39 Å². The molecule has 0 radical (unpaired) electrons. The third-order valence-electron chi connectivity index (χ3n) is 2.07. The SMILES string of the molecule is Cc1ccc([C@](C)(N)CO)c(F)c1. The van der Waals surface area contributed by atoms with Gasteiger partial charge in [0.15, 0.2) is 0 Å². The van der Waals surface area contributed by atoms with Crippen LogP contribution in [-0.4, -0.2) is 11.7 Å². The first-order chi connectivity index (χ1) is 5.97. The molecule has 0 aliphatic heterocycles. The van der Waals surface area contributed by atoms with Gasteiger partial charge in [0, 0.05) is 5.56 Å². The molecule has 0 unspecified atom stereocenters. The van der Waals surface area contributed by atoms with E-state index in [2.05, 4.69) is 0 Å². The van der Waals surface area contributed by atoms with Crippen LogP contribution < -0.4 is 5.73 Å². The minimum absolute atomic E-state index is 0.271. The topological polar surface area (TPSA) is 46.2 Å². The molecule has 0 aliphatic rings. The summed E-state index contributed by atoms with van der Waals surface area (Å²) in [6.07, 6.45) is 0. The quantitative estimate of drug-likeness (QED) is 0.726. The van der Waals surface area contributed by atoms with E-state index in [4.69, 9.17) is 10.8 Å². The highest BCUT2D eigenvalue weighted by molar-refractivity contribution is 5.28. The normalized spacial score (nSPS) is 15.5. The first-order valence-corrected chi connectivity index (χ1v) is 4.14. The molecule has 0 bridgehead atoms. The molecule has 0 aromatic heterocycles. The molecule has 2 nitrogen and oxygen atoms in total. The molecule has 1 aromatic carbocycles. The zero-order chi connectivity index (χ0) is 10.1. The van der Waals surface area contributed by atoms with Crippen molar-refractivity contribution in [3.05, 3.63) is 35.1 Å². The average Bonchev–Trinajstić information content (AvgIpc) is 2.03. The van der Waals surface area contributed by atoms with Crippen LogP contribution in [0.1, 0.15) is 18.1 Å². The van der Waals surface area contributed by atoms with Crippen LogP contribution in [0.2, 0.25) is 0 Å². The lowest BCUT2D eigenvalue weighted by molar-refractivity contribution is 0.206. The number of nitrogens with two attached hydrogens (primary N) is 1. The molecule has 3 heteroatoms. The monoisotopic (exact) mass is 183 g/mol. The van der Waals surface area contributed by atoms with Crippen molar-refractivity contribution in [2.45, 2.75) is 19.4 Å². The lowest BCUT2D eigenvalue weighted by atomic mass is 9.93. The summed E-state index contributed by atoms with van der Waals surface area (Å²) < 4.78 is 13.3. The summed E-state index contributed by atoms with van der Waals surface area (Å²) in [4.78, 5) is 0. The van der Waals surface area contributed by atoms with Crippen molar-refractivity contribution in [1.82, 2.24) is 0 Å². The Labute approximate surface area is 77.2 Å². The maximum atomic E-state index is 13.3. The van der Waals surface area contributed by atoms with Crippen molar-refractivity contribution in [3.8, 4) is 0 Å². The molecule has 0 heterocycles. The highest BCUT2D eigenvalue weighted by atomic mass is 19.1. The van der Waals surface area contributed by atoms with Gasteiger partial charge in [-0.05, 0) is 25.5 Å². The van der Waals surface area contributed by atoms with E-state index >= 15 is 0 Å². The number of hydrogen-bond donors (Lipinski definition) is 2. The van der Waals surface area contributed by atoms with Crippen molar-refractivity contribution in [3.63, 3.8) is 0 Å². The summed E-state index contributed by atoms with van der Waals surface area (Å²) >= 11 is 0. The number of aryl methyl sites for hydroxylation is 1. The number of hydrogen-bond acceptors (Lipinski definition) is 2. The fourth-order valence-corrected chi connectivity index (χ4v) is 1.17. The Balaban J connectivity index is 3.16. The molecule has 0 saturated carbocycles. The van der Waals surface area contributed by atoms with E-state index in [1.165, 1.54) is 6.07 Å².